The summed E-state index contributed by atoms with van der Waals surface area (Å²) in [5, 5.41) is 17.1. The van der Waals surface area contributed by atoms with Crippen molar-refractivity contribution in [2.75, 3.05) is 6.54 Å². The molecule has 104 valence electrons. The van der Waals surface area contributed by atoms with Crippen molar-refractivity contribution in [2.45, 2.75) is 5.92 Å². The zero-order valence-electron chi connectivity index (χ0n) is 9.08. The fourth-order valence-electron chi connectivity index (χ4n) is 1.48. The lowest BCUT2D eigenvalue weighted by atomic mass is 9.95. The van der Waals surface area contributed by atoms with Crippen molar-refractivity contribution < 1.29 is 37.4 Å². The summed E-state index contributed by atoms with van der Waals surface area (Å²) in [4.78, 5) is 21.2. The molecule has 4 N–H and O–H groups in total. The summed E-state index contributed by atoms with van der Waals surface area (Å²) in [5.74, 6) is -14.6. The normalized spacial score (nSPS) is 12.3. The number of halogens is 4. The quantitative estimate of drug-likeness (QED) is 0.566. The van der Waals surface area contributed by atoms with Crippen molar-refractivity contribution in [2.24, 2.45) is 5.73 Å². The average molecular weight is 281 g/mol. The molecule has 0 amide bonds. The standard InChI is InChI=1S/C10H7F4NO4/c11-5-3(2(1-15)9(16)17)6(12)8(14)4(7(5)13)10(18)19/h2H,1,15H2,(H,16,17)(H,18,19). The highest BCUT2D eigenvalue weighted by Crippen LogP contribution is 2.29. The molecule has 0 saturated carbocycles. The number of aliphatic carboxylic acids is 1. The summed E-state index contributed by atoms with van der Waals surface area (Å²) in [7, 11) is 0. The first-order valence-electron chi connectivity index (χ1n) is 4.76. The van der Waals surface area contributed by atoms with Crippen LogP contribution in [0.4, 0.5) is 17.6 Å². The highest BCUT2D eigenvalue weighted by atomic mass is 19.2. The minimum absolute atomic E-state index is 0.825. The van der Waals surface area contributed by atoms with Gasteiger partial charge in [0.1, 0.15) is 5.56 Å². The van der Waals surface area contributed by atoms with Gasteiger partial charge in [0.2, 0.25) is 0 Å². The predicted molar refractivity (Wildman–Crippen MR) is 52.7 cm³/mol. The van der Waals surface area contributed by atoms with Gasteiger partial charge < -0.3 is 15.9 Å². The van der Waals surface area contributed by atoms with E-state index in [0.29, 0.717) is 0 Å². The van der Waals surface area contributed by atoms with Crippen LogP contribution in [-0.4, -0.2) is 28.7 Å². The van der Waals surface area contributed by atoms with E-state index < -0.39 is 58.8 Å². The van der Waals surface area contributed by atoms with Gasteiger partial charge in [-0.05, 0) is 0 Å². The molecule has 1 aromatic carbocycles. The van der Waals surface area contributed by atoms with Gasteiger partial charge in [-0.25, -0.2) is 22.4 Å². The fourth-order valence-corrected chi connectivity index (χ4v) is 1.48. The van der Waals surface area contributed by atoms with E-state index >= 15 is 0 Å². The molecule has 0 saturated heterocycles. The largest absolute Gasteiger partial charge is 0.481 e. The van der Waals surface area contributed by atoms with Crippen molar-refractivity contribution in [3.05, 3.63) is 34.4 Å². The van der Waals surface area contributed by atoms with E-state index in [9.17, 15) is 27.2 Å². The molecule has 0 heterocycles. The van der Waals surface area contributed by atoms with Gasteiger partial charge in [0.25, 0.3) is 0 Å². The van der Waals surface area contributed by atoms with Crippen molar-refractivity contribution in [3.63, 3.8) is 0 Å². The Bertz CT molecular complexity index is 532. The summed E-state index contributed by atoms with van der Waals surface area (Å²) in [6.45, 7) is -0.825. The molecule has 0 fully saturated rings. The van der Waals surface area contributed by atoms with E-state index in [1.165, 1.54) is 0 Å². The maximum absolute atomic E-state index is 13.5. The lowest BCUT2D eigenvalue weighted by Gasteiger charge is -2.14. The molecule has 5 nitrogen and oxygen atoms in total. The van der Waals surface area contributed by atoms with Gasteiger partial charge in [-0.3, -0.25) is 4.79 Å². The van der Waals surface area contributed by atoms with Gasteiger partial charge in [-0.1, -0.05) is 0 Å². The third-order valence-corrected chi connectivity index (χ3v) is 2.39. The topological polar surface area (TPSA) is 101 Å². The Balaban J connectivity index is 3.70. The van der Waals surface area contributed by atoms with Crippen molar-refractivity contribution >= 4 is 11.9 Å². The van der Waals surface area contributed by atoms with E-state index in [1.807, 2.05) is 0 Å². The van der Waals surface area contributed by atoms with E-state index in [0.717, 1.165) is 0 Å². The van der Waals surface area contributed by atoms with Crippen molar-refractivity contribution in [1.82, 2.24) is 0 Å². The Kier molecular flexibility index (Phi) is 4.10. The molecular weight excluding hydrogens is 274 g/mol. The summed E-state index contributed by atoms with van der Waals surface area (Å²) in [5.41, 5.74) is 1.68. The van der Waals surface area contributed by atoms with Crippen molar-refractivity contribution in [3.8, 4) is 0 Å². The fraction of sp³-hybridized carbons (Fsp3) is 0.200. The summed E-state index contributed by atoms with van der Waals surface area (Å²) in [6, 6.07) is 0. The lowest BCUT2D eigenvalue weighted by molar-refractivity contribution is -0.138. The number of hydrogen-bond donors (Lipinski definition) is 3. The number of benzene rings is 1. The van der Waals surface area contributed by atoms with E-state index in [1.54, 1.807) is 0 Å². The molecule has 0 aliphatic carbocycles. The highest BCUT2D eigenvalue weighted by Gasteiger charge is 2.34. The van der Waals surface area contributed by atoms with Gasteiger partial charge in [0, 0.05) is 12.1 Å². The molecule has 0 spiro atoms. The molecule has 0 aromatic heterocycles. The molecule has 9 heteroatoms. The highest BCUT2D eigenvalue weighted by molar-refractivity contribution is 5.89. The van der Waals surface area contributed by atoms with E-state index in [4.69, 9.17) is 15.9 Å². The molecule has 1 rings (SSSR count). The van der Waals surface area contributed by atoms with E-state index in [-0.39, 0.29) is 0 Å². The van der Waals surface area contributed by atoms with E-state index in [2.05, 4.69) is 0 Å². The lowest BCUT2D eigenvalue weighted by Crippen LogP contribution is -2.25. The van der Waals surface area contributed by atoms with Gasteiger partial charge in [-0.2, -0.15) is 0 Å². The number of carboxylic acids is 2. The molecule has 0 aliphatic heterocycles. The smallest absolute Gasteiger partial charge is 0.341 e. The third kappa shape index (κ3) is 2.36. The first-order chi connectivity index (χ1) is 8.73. The van der Waals surface area contributed by atoms with Crippen LogP contribution in [-0.2, 0) is 4.79 Å². The molecule has 0 radical (unpaired) electrons. The Labute approximate surface area is 103 Å². The van der Waals surface area contributed by atoms with Crippen LogP contribution in [0.25, 0.3) is 0 Å². The average Bonchev–Trinajstić information content (AvgIpc) is 2.31. The molecule has 19 heavy (non-hydrogen) atoms. The molecule has 1 atom stereocenters. The first kappa shape index (κ1) is 14.9. The number of nitrogens with two attached hydrogens (primary N) is 1. The SMILES string of the molecule is NCC(C(=O)O)c1c(F)c(F)c(C(=O)O)c(F)c1F. The molecule has 0 aliphatic rings. The van der Waals surface area contributed by atoms with Gasteiger partial charge in [0.05, 0.1) is 5.92 Å². The number of rotatable bonds is 4. The maximum atomic E-state index is 13.5. The monoisotopic (exact) mass is 281 g/mol. The second-order valence-electron chi connectivity index (χ2n) is 3.48. The second-order valence-corrected chi connectivity index (χ2v) is 3.48. The van der Waals surface area contributed by atoms with Gasteiger partial charge in [-0.15, -0.1) is 0 Å². The van der Waals surface area contributed by atoms with Crippen LogP contribution in [0, 0.1) is 23.3 Å². The maximum Gasteiger partial charge on any atom is 0.341 e. The zero-order chi connectivity index (χ0) is 14.9. The molecular formula is C10H7F4NO4. The van der Waals surface area contributed by atoms with Crippen LogP contribution in [0.5, 0.6) is 0 Å². The van der Waals surface area contributed by atoms with Crippen LogP contribution in [0.2, 0.25) is 0 Å². The minimum Gasteiger partial charge on any atom is -0.481 e. The molecule has 1 aromatic rings. The van der Waals surface area contributed by atoms with Crippen LogP contribution in [0.15, 0.2) is 0 Å². The van der Waals surface area contributed by atoms with Crippen molar-refractivity contribution in [1.29, 1.82) is 0 Å². The number of hydrogen-bond acceptors (Lipinski definition) is 3. The summed E-state index contributed by atoms with van der Waals surface area (Å²) >= 11 is 0. The van der Waals surface area contributed by atoms with Crippen LogP contribution < -0.4 is 5.73 Å². The molecule has 0 bridgehead atoms. The van der Waals surface area contributed by atoms with Gasteiger partial charge >= 0.3 is 11.9 Å². The van der Waals surface area contributed by atoms with Crippen LogP contribution in [0.3, 0.4) is 0 Å². The van der Waals surface area contributed by atoms with Gasteiger partial charge in [0.15, 0.2) is 23.3 Å². The predicted octanol–water partition coefficient (Wildman–Crippen LogP) is 1.07. The Morgan fingerprint density at radius 3 is 1.68 bits per heavy atom. The minimum atomic E-state index is -2.22. The summed E-state index contributed by atoms with van der Waals surface area (Å²) in [6.07, 6.45) is 0. The number of carbonyl (C=O) groups is 2. The second kappa shape index (κ2) is 5.22. The Morgan fingerprint density at radius 2 is 1.42 bits per heavy atom. The van der Waals surface area contributed by atoms with Crippen LogP contribution >= 0.6 is 0 Å². The number of carboxylic acid groups (broad SMARTS) is 2. The van der Waals surface area contributed by atoms with Crippen LogP contribution in [0.1, 0.15) is 21.8 Å². The zero-order valence-corrected chi connectivity index (χ0v) is 9.08. The Morgan fingerprint density at radius 1 is 1.00 bits per heavy atom. The summed E-state index contributed by atoms with van der Waals surface area (Å²) < 4.78 is 53.6. The third-order valence-electron chi connectivity index (χ3n) is 2.39. The Hall–Kier alpha value is -2.16. The molecule has 1 unspecified atom stereocenters. The number of aromatic carboxylic acids is 1. The first-order valence-corrected chi connectivity index (χ1v) is 4.76.